The van der Waals surface area contributed by atoms with E-state index >= 15 is 0 Å². The van der Waals surface area contributed by atoms with Crippen LogP contribution >= 0.6 is 0 Å². The average Bonchev–Trinajstić information content (AvgIpc) is 2.56. The lowest BCUT2D eigenvalue weighted by atomic mass is 10.1. The molecule has 1 aromatic rings. The predicted molar refractivity (Wildman–Crippen MR) is 70.7 cm³/mol. The van der Waals surface area contributed by atoms with Gasteiger partial charge >= 0.3 is 0 Å². The van der Waals surface area contributed by atoms with E-state index in [0.29, 0.717) is 12.5 Å². The predicted octanol–water partition coefficient (Wildman–Crippen LogP) is 1.55. The first kappa shape index (κ1) is 13.0. The summed E-state index contributed by atoms with van der Waals surface area (Å²) >= 11 is 0. The molecule has 1 fully saturated rings. The van der Waals surface area contributed by atoms with Crippen molar-refractivity contribution in [3.8, 4) is 6.07 Å². The number of nitrogens with zero attached hydrogens (tertiary/aromatic N) is 3. The summed E-state index contributed by atoms with van der Waals surface area (Å²) in [5.41, 5.74) is 1.08. The SMILES string of the molecule is CC1CCNCC(CC#N)N1Cc1ccccn1. The largest absolute Gasteiger partial charge is 0.315 e. The van der Waals surface area contributed by atoms with Gasteiger partial charge in [-0.25, -0.2) is 0 Å². The van der Waals surface area contributed by atoms with Crippen LogP contribution in [-0.4, -0.2) is 35.1 Å². The molecule has 0 saturated carbocycles. The number of rotatable bonds is 3. The summed E-state index contributed by atoms with van der Waals surface area (Å²) in [6.45, 7) is 4.99. The smallest absolute Gasteiger partial charge is 0.0638 e. The van der Waals surface area contributed by atoms with Gasteiger partial charge < -0.3 is 5.32 Å². The van der Waals surface area contributed by atoms with Gasteiger partial charge in [-0.15, -0.1) is 0 Å². The summed E-state index contributed by atoms with van der Waals surface area (Å²) in [4.78, 5) is 6.80. The number of hydrogen-bond donors (Lipinski definition) is 1. The van der Waals surface area contributed by atoms with E-state index in [4.69, 9.17) is 5.26 Å². The first-order chi connectivity index (χ1) is 8.81. The third-order valence-electron chi connectivity index (χ3n) is 3.55. The Morgan fingerprint density at radius 2 is 2.44 bits per heavy atom. The van der Waals surface area contributed by atoms with Crippen LogP contribution in [0.25, 0.3) is 0 Å². The number of aromatic nitrogens is 1. The maximum absolute atomic E-state index is 8.96. The Kier molecular flexibility index (Phi) is 4.68. The molecule has 4 nitrogen and oxygen atoms in total. The van der Waals surface area contributed by atoms with Crippen LogP contribution in [0.5, 0.6) is 0 Å². The Balaban J connectivity index is 2.11. The lowest BCUT2D eigenvalue weighted by molar-refractivity contribution is 0.144. The van der Waals surface area contributed by atoms with E-state index in [0.717, 1.165) is 31.7 Å². The number of pyridine rings is 1. The fraction of sp³-hybridized carbons (Fsp3) is 0.571. The lowest BCUT2D eigenvalue weighted by Crippen LogP contribution is -2.43. The molecule has 1 saturated heterocycles. The van der Waals surface area contributed by atoms with Crippen LogP contribution in [0.3, 0.4) is 0 Å². The molecule has 0 bridgehead atoms. The lowest BCUT2D eigenvalue weighted by Gasteiger charge is -2.32. The van der Waals surface area contributed by atoms with Crippen LogP contribution in [0, 0.1) is 11.3 Å². The maximum Gasteiger partial charge on any atom is 0.0638 e. The Morgan fingerprint density at radius 3 is 3.17 bits per heavy atom. The van der Waals surface area contributed by atoms with Crippen LogP contribution in [0.4, 0.5) is 0 Å². The third-order valence-corrected chi connectivity index (χ3v) is 3.55. The van der Waals surface area contributed by atoms with Gasteiger partial charge in [-0.05, 0) is 32.0 Å². The van der Waals surface area contributed by atoms with Crippen molar-refractivity contribution in [2.75, 3.05) is 13.1 Å². The molecule has 18 heavy (non-hydrogen) atoms. The molecule has 1 aromatic heterocycles. The van der Waals surface area contributed by atoms with Crippen LogP contribution in [0.2, 0.25) is 0 Å². The van der Waals surface area contributed by atoms with E-state index in [1.807, 2.05) is 18.3 Å². The van der Waals surface area contributed by atoms with Gasteiger partial charge in [-0.1, -0.05) is 6.07 Å². The minimum atomic E-state index is 0.287. The molecule has 2 rings (SSSR count). The van der Waals surface area contributed by atoms with E-state index in [9.17, 15) is 0 Å². The van der Waals surface area contributed by atoms with Gasteiger partial charge in [0.25, 0.3) is 0 Å². The Morgan fingerprint density at radius 1 is 1.56 bits per heavy atom. The molecule has 2 heterocycles. The maximum atomic E-state index is 8.96. The Labute approximate surface area is 109 Å². The molecule has 1 aliphatic heterocycles. The van der Waals surface area contributed by atoms with Crippen molar-refractivity contribution in [1.29, 1.82) is 5.26 Å². The molecule has 4 heteroatoms. The fourth-order valence-electron chi connectivity index (χ4n) is 2.48. The topological polar surface area (TPSA) is 52.0 Å². The van der Waals surface area contributed by atoms with Crippen molar-refractivity contribution in [3.63, 3.8) is 0 Å². The van der Waals surface area contributed by atoms with Crippen molar-refractivity contribution >= 4 is 0 Å². The zero-order valence-corrected chi connectivity index (χ0v) is 10.8. The molecule has 0 aromatic carbocycles. The third kappa shape index (κ3) is 3.28. The molecule has 0 radical (unpaired) electrons. The molecular formula is C14H20N4. The Hall–Kier alpha value is -1.44. The second-order valence-electron chi connectivity index (χ2n) is 4.85. The van der Waals surface area contributed by atoms with Gasteiger partial charge in [0.2, 0.25) is 0 Å². The zero-order chi connectivity index (χ0) is 12.8. The molecule has 96 valence electrons. The summed E-state index contributed by atoms with van der Waals surface area (Å²) in [7, 11) is 0. The highest BCUT2D eigenvalue weighted by atomic mass is 15.2. The minimum Gasteiger partial charge on any atom is -0.315 e. The summed E-state index contributed by atoms with van der Waals surface area (Å²) in [5.74, 6) is 0. The minimum absolute atomic E-state index is 0.287. The van der Waals surface area contributed by atoms with E-state index in [1.54, 1.807) is 0 Å². The van der Waals surface area contributed by atoms with Crippen LogP contribution < -0.4 is 5.32 Å². The second kappa shape index (κ2) is 6.48. The average molecular weight is 244 g/mol. The van der Waals surface area contributed by atoms with Gasteiger partial charge in [0, 0.05) is 31.4 Å². The number of nitriles is 1. The van der Waals surface area contributed by atoms with Crippen LogP contribution in [0.1, 0.15) is 25.5 Å². The van der Waals surface area contributed by atoms with Crippen molar-refractivity contribution in [2.45, 2.75) is 38.4 Å². The molecule has 1 N–H and O–H groups in total. The zero-order valence-electron chi connectivity index (χ0n) is 10.8. The highest BCUT2D eigenvalue weighted by molar-refractivity contribution is 5.04. The molecule has 2 atom stereocenters. The number of nitrogens with one attached hydrogen (secondary N) is 1. The van der Waals surface area contributed by atoms with Crippen LogP contribution in [0.15, 0.2) is 24.4 Å². The normalized spacial score (nSPS) is 25.3. The quantitative estimate of drug-likeness (QED) is 0.876. The monoisotopic (exact) mass is 244 g/mol. The van der Waals surface area contributed by atoms with E-state index in [1.165, 1.54) is 0 Å². The van der Waals surface area contributed by atoms with Gasteiger partial charge in [0.1, 0.15) is 0 Å². The van der Waals surface area contributed by atoms with E-state index in [-0.39, 0.29) is 6.04 Å². The summed E-state index contributed by atoms with van der Waals surface area (Å²) < 4.78 is 0. The second-order valence-corrected chi connectivity index (χ2v) is 4.85. The first-order valence-electron chi connectivity index (χ1n) is 6.54. The van der Waals surface area contributed by atoms with Gasteiger partial charge in [-0.3, -0.25) is 9.88 Å². The van der Waals surface area contributed by atoms with E-state index < -0.39 is 0 Å². The van der Waals surface area contributed by atoms with Crippen molar-refractivity contribution in [1.82, 2.24) is 15.2 Å². The molecular weight excluding hydrogens is 224 g/mol. The summed E-state index contributed by atoms with van der Waals surface area (Å²) in [6.07, 6.45) is 3.52. The molecule has 1 aliphatic rings. The molecule has 0 aliphatic carbocycles. The standard InChI is InChI=1S/C14H20N4/c1-12-6-9-16-10-14(5-7-15)18(12)11-13-4-2-3-8-17-13/h2-4,8,12,14,16H,5-6,9-11H2,1H3. The first-order valence-corrected chi connectivity index (χ1v) is 6.54. The fourth-order valence-corrected chi connectivity index (χ4v) is 2.48. The Bertz CT molecular complexity index is 398. The van der Waals surface area contributed by atoms with Crippen molar-refractivity contribution < 1.29 is 0 Å². The van der Waals surface area contributed by atoms with Gasteiger partial charge in [0.15, 0.2) is 0 Å². The molecule has 2 unspecified atom stereocenters. The van der Waals surface area contributed by atoms with Crippen molar-refractivity contribution in [3.05, 3.63) is 30.1 Å². The highest BCUT2D eigenvalue weighted by Gasteiger charge is 2.26. The van der Waals surface area contributed by atoms with Gasteiger partial charge in [0.05, 0.1) is 18.2 Å². The summed E-state index contributed by atoms with van der Waals surface area (Å²) in [5, 5.41) is 12.4. The summed E-state index contributed by atoms with van der Waals surface area (Å²) in [6, 6.07) is 9.07. The highest BCUT2D eigenvalue weighted by Crippen LogP contribution is 2.17. The van der Waals surface area contributed by atoms with Crippen LogP contribution in [-0.2, 0) is 6.54 Å². The number of hydrogen-bond acceptors (Lipinski definition) is 4. The molecule has 0 amide bonds. The van der Waals surface area contributed by atoms with Crippen molar-refractivity contribution in [2.24, 2.45) is 0 Å². The molecule has 0 spiro atoms. The van der Waals surface area contributed by atoms with E-state index in [2.05, 4.69) is 34.3 Å². The van der Waals surface area contributed by atoms with Gasteiger partial charge in [-0.2, -0.15) is 5.26 Å².